The lowest BCUT2D eigenvalue weighted by atomic mass is 9.73. The van der Waals surface area contributed by atoms with E-state index in [1.807, 2.05) is 18.2 Å². The van der Waals surface area contributed by atoms with Crippen molar-refractivity contribution in [3.63, 3.8) is 0 Å². The number of benzene rings is 1. The van der Waals surface area contributed by atoms with Gasteiger partial charge in [0.2, 0.25) is 0 Å². The van der Waals surface area contributed by atoms with Crippen LogP contribution in [0.15, 0.2) is 42.5 Å². The van der Waals surface area contributed by atoms with Gasteiger partial charge in [0.05, 0.1) is 0 Å². The van der Waals surface area contributed by atoms with Crippen LogP contribution in [0.3, 0.4) is 0 Å². The highest BCUT2D eigenvalue weighted by molar-refractivity contribution is 6.32. The average molecular weight is 329 g/mol. The molecule has 23 heavy (non-hydrogen) atoms. The number of rotatable bonds is 1. The van der Waals surface area contributed by atoms with Gasteiger partial charge in [0.15, 0.2) is 5.78 Å². The molecule has 1 aliphatic rings. The summed E-state index contributed by atoms with van der Waals surface area (Å²) < 4.78 is 0. The summed E-state index contributed by atoms with van der Waals surface area (Å²) >= 11 is 6.40. The van der Waals surface area contributed by atoms with Crippen molar-refractivity contribution in [2.24, 2.45) is 0 Å². The molecule has 1 nitrogen and oxygen atoms in total. The fourth-order valence-corrected chi connectivity index (χ4v) is 3.07. The van der Waals surface area contributed by atoms with E-state index in [-0.39, 0.29) is 16.6 Å². The van der Waals surface area contributed by atoms with Gasteiger partial charge in [-0.05, 0) is 57.4 Å². The Labute approximate surface area is 144 Å². The number of ketones is 1. The van der Waals surface area contributed by atoms with Gasteiger partial charge in [-0.1, -0.05) is 65.8 Å². The highest BCUT2D eigenvalue weighted by Gasteiger charge is 2.30. The molecule has 0 heterocycles. The van der Waals surface area contributed by atoms with E-state index in [1.54, 1.807) is 12.2 Å². The number of halogens is 1. The third kappa shape index (κ3) is 3.67. The molecule has 0 atom stereocenters. The molecule has 2 rings (SSSR count). The smallest absolute Gasteiger partial charge is 0.186 e. The lowest BCUT2D eigenvalue weighted by Gasteiger charge is -2.31. The Morgan fingerprint density at radius 1 is 0.913 bits per heavy atom. The number of hydrogen-bond acceptors (Lipinski definition) is 1. The largest absolute Gasteiger partial charge is 0.289 e. The topological polar surface area (TPSA) is 17.1 Å². The van der Waals surface area contributed by atoms with Crippen LogP contribution in [0.25, 0.3) is 5.57 Å². The molecule has 1 aromatic rings. The number of allylic oxidation sites excluding steroid dienone is 5. The van der Waals surface area contributed by atoms with E-state index in [4.69, 9.17) is 11.6 Å². The zero-order valence-corrected chi connectivity index (χ0v) is 15.6. The highest BCUT2D eigenvalue weighted by atomic mass is 35.5. The van der Waals surface area contributed by atoms with Crippen LogP contribution in [0.5, 0.6) is 0 Å². The van der Waals surface area contributed by atoms with Crippen LogP contribution in [0, 0.1) is 0 Å². The summed E-state index contributed by atoms with van der Waals surface area (Å²) in [6.45, 7) is 16.9. The average Bonchev–Trinajstić information content (AvgIpc) is 2.39. The van der Waals surface area contributed by atoms with E-state index < -0.39 is 0 Å². The summed E-state index contributed by atoms with van der Waals surface area (Å²) in [6.07, 6.45) is 5.25. The molecular formula is C21H25ClO. The summed E-state index contributed by atoms with van der Waals surface area (Å²) in [6, 6.07) is 3.97. The van der Waals surface area contributed by atoms with Crippen LogP contribution in [0.1, 0.15) is 58.2 Å². The predicted molar refractivity (Wildman–Crippen MR) is 100 cm³/mol. The quantitative estimate of drug-likeness (QED) is 0.616. The van der Waals surface area contributed by atoms with Gasteiger partial charge in [-0.25, -0.2) is 0 Å². The van der Waals surface area contributed by atoms with Crippen LogP contribution >= 0.6 is 11.6 Å². The Balaban J connectivity index is 2.89. The van der Waals surface area contributed by atoms with Crippen molar-refractivity contribution in [1.82, 2.24) is 0 Å². The summed E-state index contributed by atoms with van der Waals surface area (Å²) in [5, 5.41) is 0.710. The molecule has 122 valence electrons. The monoisotopic (exact) mass is 328 g/mol. The van der Waals surface area contributed by atoms with Crippen molar-refractivity contribution in [3.05, 3.63) is 64.2 Å². The summed E-state index contributed by atoms with van der Waals surface area (Å²) in [5.74, 6) is 0.0238. The summed E-state index contributed by atoms with van der Waals surface area (Å²) in [7, 11) is 0. The minimum atomic E-state index is -0.121. The van der Waals surface area contributed by atoms with Crippen LogP contribution in [0.2, 0.25) is 5.02 Å². The first-order valence-electron chi connectivity index (χ1n) is 7.89. The van der Waals surface area contributed by atoms with Crippen LogP contribution in [-0.2, 0) is 15.6 Å². The van der Waals surface area contributed by atoms with Crippen LogP contribution in [-0.4, -0.2) is 5.78 Å². The molecule has 0 fully saturated rings. The minimum absolute atomic E-state index is 0.0238. The lowest BCUT2D eigenvalue weighted by Crippen LogP contribution is -2.22. The molecule has 0 radical (unpaired) electrons. The van der Waals surface area contributed by atoms with Crippen LogP contribution < -0.4 is 0 Å². The first-order valence-corrected chi connectivity index (χ1v) is 8.27. The zero-order valence-electron chi connectivity index (χ0n) is 14.9. The molecule has 1 aliphatic carbocycles. The van der Waals surface area contributed by atoms with Gasteiger partial charge in [-0.2, -0.15) is 0 Å². The molecule has 0 aliphatic heterocycles. The second-order valence-corrected chi connectivity index (χ2v) is 8.64. The van der Waals surface area contributed by atoms with E-state index in [9.17, 15) is 4.79 Å². The van der Waals surface area contributed by atoms with Crippen LogP contribution in [0.4, 0.5) is 0 Å². The van der Waals surface area contributed by atoms with Gasteiger partial charge in [0.1, 0.15) is 0 Å². The van der Waals surface area contributed by atoms with Gasteiger partial charge in [0, 0.05) is 10.6 Å². The SMILES string of the molecule is C=C1C=CC(=O)C(c2c(C(C)(C)C)cc(Cl)cc2C(C)(C)C)=C1. The molecular weight excluding hydrogens is 304 g/mol. The fourth-order valence-electron chi connectivity index (χ4n) is 2.85. The maximum atomic E-state index is 12.6. The third-order valence-electron chi connectivity index (χ3n) is 4.03. The molecule has 0 saturated carbocycles. The van der Waals surface area contributed by atoms with Crippen molar-refractivity contribution in [2.45, 2.75) is 52.4 Å². The molecule has 2 heteroatoms. The van der Waals surface area contributed by atoms with Crippen molar-refractivity contribution < 1.29 is 4.79 Å². The first kappa shape index (κ1) is 17.7. The molecule has 0 aromatic heterocycles. The Morgan fingerprint density at radius 2 is 1.39 bits per heavy atom. The van der Waals surface area contributed by atoms with Gasteiger partial charge in [-0.3, -0.25) is 4.79 Å². The predicted octanol–water partition coefficient (Wildman–Crippen LogP) is 6.01. The van der Waals surface area contributed by atoms with Crippen molar-refractivity contribution in [3.8, 4) is 0 Å². The molecule has 0 saturated heterocycles. The van der Waals surface area contributed by atoms with Gasteiger partial charge in [0.25, 0.3) is 0 Å². The van der Waals surface area contributed by atoms with Gasteiger partial charge in [-0.15, -0.1) is 0 Å². The lowest BCUT2D eigenvalue weighted by molar-refractivity contribution is -0.109. The van der Waals surface area contributed by atoms with Crippen molar-refractivity contribution >= 4 is 23.0 Å². The van der Waals surface area contributed by atoms with E-state index in [0.717, 1.165) is 22.3 Å². The molecule has 0 amide bonds. The van der Waals surface area contributed by atoms with E-state index >= 15 is 0 Å². The Morgan fingerprint density at radius 3 is 1.83 bits per heavy atom. The Hall–Kier alpha value is -1.60. The molecule has 0 bridgehead atoms. The Kier molecular flexibility index (Phi) is 4.47. The second kappa shape index (κ2) is 5.79. The summed E-state index contributed by atoms with van der Waals surface area (Å²) in [4.78, 5) is 12.6. The van der Waals surface area contributed by atoms with Crippen molar-refractivity contribution in [2.75, 3.05) is 0 Å². The van der Waals surface area contributed by atoms with E-state index in [1.165, 1.54) is 0 Å². The second-order valence-electron chi connectivity index (χ2n) is 8.21. The molecule has 0 N–H and O–H groups in total. The van der Waals surface area contributed by atoms with Gasteiger partial charge < -0.3 is 0 Å². The number of carbonyl (C=O) groups is 1. The number of hydrogen-bond donors (Lipinski definition) is 0. The normalized spacial score (nSPS) is 15.9. The third-order valence-corrected chi connectivity index (χ3v) is 4.25. The van der Waals surface area contributed by atoms with Crippen molar-refractivity contribution in [1.29, 1.82) is 0 Å². The standard InChI is InChI=1S/C21H25ClO/c1-13-8-9-18(23)15(10-13)19-16(20(2,3)4)11-14(22)12-17(19)21(5,6)7/h8-12H,1H2,2-7H3. The molecule has 1 aromatic carbocycles. The Bertz CT molecular complexity index is 699. The number of carbonyl (C=O) groups excluding carboxylic acids is 1. The maximum Gasteiger partial charge on any atom is 0.186 e. The summed E-state index contributed by atoms with van der Waals surface area (Å²) in [5.41, 5.74) is 4.51. The molecule has 0 unspecified atom stereocenters. The fraction of sp³-hybridized carbons (Fsp3) is 0.381. The zero-order chi connectivity index (χ0) is 17.6. The van der Waals surface area contributed by atoms with Gasteiger partial charge >= 0.3 is 0 Å². The molecule has 0 spiro atoms. The van der Waals surface area contributed by atoms with E-state index in [0.29, 0.717) is 10.6 Å². The highest BCUT2D eigenvalue weighted by Crippen LogP contribution is 2.41. The maximum absolute atomic E-state index is 12.6. The first-order chi connectivity index (χ1) is 10.4. The van der Waals surface area contributed by atoms with E-state index in [2.05, 4.69) is 48.1 Å². The minimum Gasteiger partial charge on any atom is -0.289 e.